The van der Waals surface area contributed by atoms with E-state index in [0.29, 0.717) is 6.04 Å². The summed E-state index contributed by atoms with van der Waals surface area (Å²) >= 11 is 5.80. The van der Waals surface area contributed by atoms with Crippen molar-refractivity contribution in [3.63, 3.8) is 0 Å². The van der Waals surface area contributed by atoms with Crippen LogP contribution in [-0.2, 0) is 6.54 Å². The van der Waals surface area contributed by atoms with Crippen LogP contribution in [0.4, 0.5) is 4.39 Å². The van der Waals surface area contributed by atoms with Gasteiger partial charge in [-0.1, -0.05) is 24.6 Å². The van der Waals surface area contributed by atoms with Gasteiger partial charge in [0.15, 0.2) is 0 Å². The molecule has 1 fully saturated rings. The van der Waals surface area contributed by atoms with Crippen molar-refractivity contribution in [1.29, 1.82) is 0 Å². The van der Waals surface area contributed by atoms with Gasteiger partial charge < -0.3 is 5.32 Å². The lowest BCUT2D eigenvalue weighted by Gasteiger charge is -2.33. The highest BCUT2D eigenvalue weighted by Gasteiger charge is 2.19. The topological polar surface area (TPSA) is 15.3 Å². The van der Waals surface area contributed by atoms with E-state index in [1.54, 1.807) is 6.07 Å². The number of likely N-dealkylation sites (N-methyl/N-ethyl adjacent to an activating group) is 1. The van der Waals surface area contributed by atoms with Crippen molar-refractivity contribution in [2.75, 3.05) is 19.6 Å². The van der Waals surface area contributed by atoms with Gasteiger partial charge in [0.05, 0.1) is 5.02 Å². The van der Waals surface area contributed by atoms with Gasteiger partial charge in [0, 0.05) is 19.1 Å². The van der Waals surface area contributed by atoms with Gasteiger partial charge >= 0.3 is 0 Å². The smallest absolute Gasteiger partial charge is 0.141 e. The minimum absolute atomic E-state index is 0.216. The Hall–Kier alpha value is -0.640. The van der Waals surface area contributed by atoms with Crippen LogP contribution in [0, 0.1) is 5.82 Å². The Morgan fingerprint density at radius 1 is 1.50 bits per heavy atom. The van der Waals surface area contributed by atoms with Gasteiger partial charge in [-0.2, -0.15) is 0 Å². The van der Waals surface area contributed by atoms with E-state index >= 15 is 0 Å². The lowest BCUT2D eigenvalue weighted by Crippen LogP contribution is -2.45. The number of halogens is 2. The predicted molar refractivity (Wildman–Crippen MR) is 73.4 cm³/mol. The summed E-state index contributed by atoms with van der Waals surface area (Å²) in [6.45, 7) is 6.17. The SMILES string of the molecule is CCNC1CCCN(Cc2ccc(F)c(Cl)c2)C1. The van der Waals surface area contributed by atoms with Crippen LogP contribution in [0.3, 0.4) is 0 Å². The molecule has 2 nitrogen and oxygen atoms in total. The fraction of sp³-hybridized carbons (Fsp3) is 0.571. The van der Waals surface area contributed by atoms with E-state index in [0.717, 1.165) is 31.7 Å². The Kier molecular flexibility index (Phi) is 4.98. The maximum absolute atomic E-state index is 13.1. The summed E-state index contributed by atoms with van der Waals surface area (Å²) in [5, 5.41) is 3.71. The van der Waals surface area contributed by atoms with Gasteiger partial charge in [0.1, 0.15) is 5.82 Å². The Morgan fingerprint density at radius 3 is 3.06 bits per heavy atom. The Morgan fingerprint density at radius 2 is 2.33 bits per heavy atom. The quantitative estimate of drug-likeness (QED) is 0.905. The Balaban J connectivity index is 1.93. The van der Waals surface area contributed by atoms with Crippen LogP contribution in [0.1, 0.15) is 25.3 Å². The van der Waals surface area contributed by atoms with Crippen molar-refractivity contribution in [1.82, 2.24) is 10.2 Å². The molecule has 1 atom stereocenters. The number of nitrogens with zero attached hydrogens (tertiary/aromatic N) is 1. The van der Waals surface area contributed by atoms with Gasteiger partial charge in [-0.05, 0) is 43.6 Å². The van der Waals surface area contributed by atoms with Crippen molar-refractivity contribution in [3.05, 3.63) is 34.6 Å². The zero-order valence-electron chi connectivity index (χ0n) is 10.8. The molecule has 1 unspecified atom stereocenters. The average molecular weight is 271 g/mol. The summed E-state index contributed by atoms with van der Waals surface area (Å²) in [5.74, 6) is -0.343. The molecule has 1 aliphatic rings. The normalized spacial score (nSPS) is 21.2. The molecule has 1 heterocycles. The van der Waals surface area contributed by atoms with Crippen molar-refractivity contribution in [2.24, 2.45) is 0 Å². The second-order valence-corrected chi connectivity index (χ2v) is 5.29. The van der Waals surface area contributed by atoms with Crippen LogP contribution in [0.15, 0.2) is 18.2 Å². The van der Waals surface area contributed by atoms with Crippen molar-refractivity contribution >= 4 is 11.6 Å². The number of likely N-dealkylation sites (tertiary alicyclic amines) is 1. The predicted octanol–water partition coefficient (Wildman–Crippen LogP) is 3.05. The van der Waals surface area contributed by atoms with Gasteiger partial charge in [-0.25, -0.2) is 4.39 Å². The summed E-state index contributed by atoms with van der Waals surface area (Å²) in [6.07, 6.45) is 2.46. The highest BCUT2D eigenvalue weighted by Crippen LogP contribution is 2.19. The molecule has 1 aromatic rings. The zero-order valence-corrected chi connectivity index (χ0v) is 11.5. The first-order valence-electron chi connectivity index (χ1n) is 6.58. The number of nitrogens with one attached hydrogen (secondary N) is 1. The monoisotopic (exact) mass is 270 g/mol. The Bertz CT molecular complexity index is 395. The maximum atomic E-state index is 13.1. The second-order valence-electron chi connectivity index (χ2n) is 4.88. The number of hydrogen-bond acceptors (Lipinski definition) is 2. The molecular weight excluding hydrogens is 251 g/mol. The van der Waals surface area contributed by atoms with E-state index in [1.165, 1.54) is 18.9 Å². The first-order valence-corrected chi connectivity index (χ1v) is 6.96. The minimum atomic E-state index is -0.343. The third kappa shape index (κ3) is 3.67. The van der Waals surface area contributed by atoms with Crippen LogP contribution in [-0.4, -0.2) is 30.6 Å². The second kappa shape index (κ2) is 6.50. The molecule has 1 aliphatic heterocycles. The number of piperidine rings is 1. The van der Waals surface area contributed by atoms with Crippen molar-refractivity contribution < 1.29 is 4.39 Å². The van der Waals surface area contributed by atoms with Crippen LogP contribution in [0.5, 0.6) is 0 Å². The molecule has 18 heavy (non-hydrogen) atoms. The van der Waals surface area contributed by atoms with Crippen molar-refractivity contribution in [3.8, 4) is 0 Å². The highest BCUT2D eigenvalue weighted by atomic mass is 35.5. The molecule has 0 saturated carbocycles. The Labute approximate surface area is 113 Å². The molecule has 1 N–H and O–H groups in total. The van der Waals surface area contributed by atoms with Gasteiger partial charge in [0.25, 0.3) is 0 Å². The summed E-state index contributed by atoms with van der Waals surface area (Å²) in [7, 11) is 0. The zero-order chi connectivity index (χ0) is 13.0. The lowest BCUT2D eigenvalue weighted by atomic mass is 10.0. The van der Waals surface area contributed by atoms with Gasteiger partial charge in [-0.15, -0.1) is 0 Å². The van der Waals surface area contributed by atoms with Gasteiger partial charge in [-0.3, -0.25) is 4.90 Å². The molecule has 0 spiro atoms. The highest BCUT2D eigenvalue weighted by molar-refractivity contribution is 6.30. The molecule has 0 amide bonds. The van der Waals surface area contributed by atoms with Crippen LogP contribution in [0.2, 0.25) is 5.02 Å². The number of rotatable bonds is 4. The van der Waals surface area contributed by atoms with E-state index in [2.05, 4.69) is 17.1 Å². The summed E-state index contributed by atoms with van der Waals surface area (Å²) in [5.41, 5.74) is 1.08. The third-order valence-electron chi connectivity index (χ3n) is 3.39. The first-order chi connectivity index (χ1) is 8.69. The van der Waals surface area contributed by atoms with E-state index in [9.17, 15) is 4.39 Å². The molecule has 4 heteroatoms. The molecule has 0 aromatic heterocycles. The molecule has 0 bridgehead atoms. The number of hydrogen-bond donors (Lipinski definition) is 1. The fourth-order valence-electron chi connectivity index (χ4n) is 2.55. The maximum Gasteiger partial charge on any atom is 0.141 e. The van der Waals surface area contributed by atoms with Crippen LogP contribution < -0.4 is 5.32 Å². The summed E-state index contributed by atoms with van der Waals surface area (Å²) in [6, 6.07) is 5.58. The van der Waals surface area contributed by atoms with Gasteiger partial charge in [0.2, 0.25) is 0 Å². The molecule has 100 valence electrons. The molecule has 1 saturated heterocycles. The number of benzene rings is 1. The van der Waals surface area contributed by atoms with Crippen LogP contribution >= 0.6 is 11.6 Å². The van der Waals surface area contributed by atoms with E-state index in [4.69, 9.17) is 11.6 Å². The first kappa shape index (κ1) is 13.8. The van der Waals surface area contributed by atoms with Crippen molar-refractivity contribution in [2.45, 2.75) is 32.4 Å². The largest absolute Gasteiger partial charge is 0.313 e. The van der Waals surface area contributed by atoms with Crippen LogP contribution in [0.25, 0.3) is 0 Å². The van der Waals surface area contributed by atoms with E-state index < -0.39 is 0 Å². The van der Waals surface area contributed by atoms with E-state index in [-0.39, 0.29) is 10.8 Å². The summed E-state index contributed by atoms with van der Waals surface area (Å²) < 4.78 is 13.1. The average Bonchev–Trinajstić information content (AvgIpc) is 2.35. The summed E-state index contributed by atoms with van der Waals surface area (Å²) in [4.78, 5) is 2.40. The molecule has 0 radical (unpaired) electrons. The third-order valence-corrected chi connectivity index (χ3v) is 3.68. The molecule has 2 rings (SSSR count). The lowest BCUT2D eigenvalue weighted by molar-refractivity contribution is 0.184. The molecular formula is C14H20ClFN2. The van der Waals surface area contributed by atoms with E-state index in [1.807, 2.05) is 6.07 Å². The molecule has 0 aliphatic carbocycles. The standard InChI is InChI=1S/C14H20ClFN2/c1-2-17-12-4-3-7-18(10-12)9-11-5-6-14(16)13(15)8-11/h5-6,8,12,17H,2-4,7,9-10H2,1H3. The minimum Gasteiger partial charge on any atom is -0.313 e. The fourth-order valence-corrected chi connectivity index (χ4v) is 2.75. The molecule has 1 aromatic carbocycles.